The summed E-state index contributed by atoms with van der Waals surface area (Å²) < 4.78 is 31.6. The molecule has 2 aromatic carbocycles. The van der Waals surface area contributed by atoms with Crippen LogP contribution in [0.1, 0.15) is 31.0 Å². The first-order chi connectivity index (χ1) is 13.2. The second-order valence-corrected chi connectivity index (χ2v) is 6.17. The van der Waals surface area contributed by atoms with Gasteiger partial charge in [-0.25, -0.2) is 8.78 Å². The van der Waals surface area contributed by atoms with Gasteiger partial charge in [-0.1, -0.05) is 18.2 Å². The topological polar surface area (TPSA) is 84.5 Å². The highest BCUT2D eigenvalue weighted by Crippen LogP contribution is 2.17. The van der Waals surface area contributed by atoms with E-state index in [4.69, 9.17) is 4.74 Å². The summed E-state index contributed by atoms with van der Waals surface area (Å²) in [6.45, 7) is 2.41. The highest BCUT2D eigenvalue weighted by Gasteiger charge is 2.15. The van der Waals surface area contributed by atoms with Crippen molar-refractivity contribution in [2.24, 2.45) is 0 Å². The van der Waals surface area contributed by atoms with E-state index in [1.165, 1.54) is 19.9 Å². The van der Waals surface area contributed by atoms with Crippen molar-refractivity contribution in [3.8, 4) is 0 Å². The van der Waals surface area contributed by atoms with Gasteiger partial charge in [0.05, 0.1) is 12.5 Å². The van der Waals surface area contributed by atoms with E-state index in [-0.39, 0.29) is 17.9 Å². The second kappa shape index (κ2) is 9.59. The third-order valence-electron chi connectivity index (χ3n) is 3.79. The molecule has 0 saturated heterocycles. The van der Waals surface area contributed by atoms with Crippen molar-refractivity contribution >= 4 is 23.5 Å². The van der Waals surface area contributed by atoms with Crippen LogP contribution in [-0.2, 0) is 25.5 Å². The lowest BCUT2D eigenvalue weighted by molar-refractivity contribution is -0.148. The third kappa shape index (κ3) is 6.46. The molecule has 0 aromatic heterocycles. The zero-order valence-corrected chi connectivity index (χ0v) is 15.4. The number of nitrogens with one attached hydrogen (secondary N) is 2. The van der Waals surface area contributed by atoms with Crippen LogP contribution in [-0.4, -0.2) is 24.4 Å². The quantitative estimate of drug-likeness (QED) is 0.712. The van der Waals surface area contributed by atoms with Gasteiger partial charge >= 0.3 is 5.97 Å². The van der Waals surface area contributed by atoms with Gasteiger partial charge in [0, 0.05) is 24.2 Å². The van der Waals surface area contributed by atoms with E-state index < -0.39 is 36.2 Å². The lowest BCUT2D eigenvalue weighted by Gasteiger charge is -2.15. The molecule has 2 aromatic rings. The van der Waals surface area contributed by atoms with Gasteiger partial charge < -0.3 is 15.4 Å². The van der Waals surface area contributed by atoms with Crippen molar-refractivity contribution in [2.45, 2.75) is 26.3 Å². The number of hydrogen-bond acceptors (Lipinski definition) is 4. The van der Waals surface area contributed by atoms with Crippen molar-refractivity contribution in [3.05, 3.63) is 65.2 Å². The number of anilines is 1. The largest absolute Gasteiger partial charge is 0.455 e. The van der Waals surface area contributed by atoms with Crippen molar-refractivity contribution in [2.75, 3.05) is 11.9 Å². The number of carbonyl (C=O) groups excluding carboxylic acids is 3. The van der Waals surface area contributed by atoms with Crippen LogP contribution in [0.25, 0.3) is 0 Å². The average molecular weight is 390 g/mol. The van der Waals surface area contributed by atoms with Gasteiger partial charge in [-0.05, 0) is 30.7 Å². The van der Waals surface area contributed by atoms with Crippen LogP contribution in [0.15, 0.2) is 42.5 Å². The molecule has 2 amide bonds. The van der Waals surface area contributed by atoms with E-state index in [9.17, 15) is 23.2 Å². The summed E-state index contributed by atoms with van der Waals surface area (Å²) >= 11 is 0. The summed E-state index contributed by atoms with van der Waals surface area (Å²) in [6.07, 6.45) is -0.0459. The molecule has 148 valence electrons. The molecule has 28 heavy (non-hydrogen) atoms. The van der Waals surface area contributed by atoms with Gasteiger partial charge in [0.2, 0.25) is 5.91 Å². The van der Waals surface area contributed by atoms with Crippen molar-refractivity contribution in [3.63, 3.8) is 0 Å². The minimum atomic E-state index is -0.771. The Morgan fingerprint density at radius 1 is 1.07 bits per heavy atom. The zero-order chi connectivity index (χ0) is 20.7. The summed E-state index contributed by atoms with van der Waals surface area (Å²) in [5.74, 6) is -2.90. The smallest absolute Gasteiger partial charge is 0.310 e. The standard InChI is InChI=1S/C20H20F2N2O4/c1-12(17-8-5-15(21)10-18(17)22)23-19(26)11-28-20(27)9-14-3-6-16(7-4-14)24-13(2)25/h3-8,10,12H,9,11H2,1-2H3,(H,23,26)(H,24,25)/t12-/m1/s1. The fourth-order valence-corrected chi connectivity index (χ4v) is 2.49. The molecule has 0 saturated carbocycles. The summed E-state index contributed by atoms with van der Waals surface area (Å²) in [4.78, 5) is 34.7. The SMILES string of the molecule is CC(=O)Nc1ccc(CC(=O)OCC(=O)N[C@H](C)c2ccc(F)cc2F)cc1. The Kier molecular flexibility index (Phi) is 7.20. The number of ether oxygens (including phenoxy) is 1. The van der Waals surface area contributed by atoms with E-state index >= 15 is 0 Å². The Morgan fingerprint density at radius 3 is 2.36 bits per heavy atom. The molecule has 0 bridgehead atoms. The Morgan fingerprint density at radius 2 is 1.75 bits per heavy atom. The summed E-state index contributed by atoms with van der Waals surface area (Å²) in [5.41, 5.74) is 1.38. The molecule has 0 spiro atoms. The molecule has 0 aliphatic carbocycles. The molecule has 2 N–H and O–H groups in total. The third-order valence-corrected chi connectivity index (χ3v) is 3.79. The van der Waals surface area contributed by atoms with Crippen molar-refractivity contribution < 1.29 is 27.9 Å². The second-order valence-electron chi connectivity index (χ2n) is 6.17. The summed E-state index contributed by atoms with van der Waals surface area (Å²) in [6, 6.07) is 8.97. The Bertz CT molecular complexity index is 869. The van der Waals surface area contributed by atoms with E-state index in [1.807, 2.05) is 0 Å². The molecule has 0 aliphatic heterocycles. The maximum absolute atomic E-state index is 13.7. The first-order valence-electron chi connectivity index (χ1n) is 8.51. The van der Waals surface area contributed by atoms with Crippen LogP contribution in [0.2, 0.25) is 0 Å². The van der Waals surface area contributed by atoms with Gasteiger partial charge in [-0.15, -0.1) is 0 Å². The molecule has 8 heteroatoms. The molecule has 0 radical (unpaired) electrons. The lowest BCUT2D eigenvalue weighted by Crippen LogP contribution is -2.31. The van der Waals surface area contributed by atoms with Crippen molar-refractivity contribution in [1.82, 2.24) is 5.32 Å². The summed E-state index contributed by atoms with van der Waals surface area (Å²) in [5, 5.41) is 5.09. The van der Waals surface area contributed by atoms with Crippen LogP contribution in [0.4, 0.5) is 14.5 Å². The molecule has 0 unspecified atom stereocenters. The number of halogens is 2. The maximum Gasteiger partial charge on any atom is 0.310 e. The Balaban J connectivity index is 1.80. The van der Waals surface area contributed by atoms with Gasteiger partial charge in [0.25, 0.3) is 5.91 Å². The maximum atomic E-state index is 13.7. The molecular formula is C20H20F2N2O4. The molecule has 0 aliphatic rings. The number of amides is 2. The Hall–Kier alpha value is -3.29. The van der Waals surface area contributed by atoms with Crippen LogP contribution in [0.3, 0.4) is 0 Å². The predicted octanol–water partition coefficient (Wildman–Crippen LogP) is 2.89. The van der Waals surface area contributed by atoms with E-state index in [2.05, 4.69) is 10.6 Å². The van der Waals surface area contributed by atoms with Crippen LogP contribution < -0.4 is 10.6 Å². The number of carbonyl (C=O) groups is 3. The summed E-state index contributed by atoms with van der Waals surface area (Å²) in [7, 11) is 0. The molecule has 0 heterocycles. The van der Waals surface area contributed by atoms with E-state index in [1.54, 1.807) is 24.3 Å². The molecule has 0 fully saturated rings. The molecular weight excluding hydrogens is 370 g/mol. The van der Waals surface area contributed by atoms with Crippen LogP contribution in [0, 0.1) is 11.6 Å². The molecule has 2 rings (SSSR count). The van der Waals surface area contributed by atoms with E-state index in [0.717, 1.165) is 12.1 Å². The van der Waals surface area contributed by atoms with Gasteiger partial charge in [0.1, 0.15) is 11.6 Å². The van der Waals surface area contributed by atoms with Crippen LogP contribution in [0.5, 0.6) is 0 Å². The number of hydrogen-bond donors (Lipinski definition) is 2. The van der Waals surface area contributed by atoms with Gasteiger partial charge in [-0.3, -0.25) is 14.4 Å². The monoisotopic (exact) mass is 390 g/mol. The van der Waals surface area contributed by atoms with E-state index in [0.29, 0.717) is 11.3 Å². The normalized spacial score (nSPS) is 11.4. The molecule has 6 nitrogen and oxygen atoms in total. The van der Waals surface area contributed by atoms with Crippen molar-refractivity contribution in [1.29, 1.82) is 0 Å². The highest BCUT2D eigenvalue weighted by atomic mass is 19.1. The average Bonchev–Trinajstić information content (AvgIpc) is 2.61. The minimum Gasteiger partial charge on any atom is -0.455 e. The predicted molar refractivity (Wildman–Crippen MR) is 98.3 cm³/mol. The minimum absolute atomic E-state index is 0.0459. The van der Waals surface area contributed by atoms with Crippen LogP contribution >= 0.6 is 0 Å². The molecule has 1 atom stereocenters. The number of benzene rings is 2. The first-order valence-corrected chi connectivity index (χ1v) is 8.51. The van der Waals surface area contributed by atoms with Gasteiger partial charge in [-0.2, -0.15) is 0 Å². The van der Waals surface area contributed by atoms with Gasteiger partial charge in [0.15, 0.2) is 6.61 Å². The Labute approximate surface area is 160 Å². The fraction of sp³-hybridized carbons (Fsp3) is 0.250. The number of esters is 1. The zero-order valence-electron chi connectivity index (χ0n) is 15.4. The fourth-order valence-electron chi connectivity index (χ4n) is 2.49. The highest BCUT2D eigenvalue weighted by molar-refractivity contribution is 5.88. The first kappa shape index (κ1) is 21.0. The lowest BCUT2D eigenvalue weighted by atomic mass is 10.1. The number of rotatable bonds is 7.